The fourth-order valence-corrected chi connectivity index (χ4v) is 3.56. The Hall–Kier alpha value is -1.13. The average molecular weight is 294 g/mol. The minimum atomic E-state index is 0.317. The number of hydrogen-bond donors (Lipinski definition) is 1. The van der Waals surface area contributed by atoms with Gasteiger partial charge in [0.25, 0.3) is 0 Å². The molecule has 3 rings (SSSR count). The molecule has 0 unspecified atom stereocenters. The lowest BCUT2D eigenvalue weighted by Crippen LogP contribution is -2.05. The van der Waals surface area contributed by atoms with E-state index in [0.29, 0.717) is 5.28 Å². The van der Waals surface area contributed by atoms with Gasteiger partial charge in [-0.2, -0.15) is 0 Å². The molecule has 0 aromatic carbocycles. The maximum Gasteiger partial charge on any atom is 0.225 e. The molecule has 0 aliphatic heterocycles. The van der Waals surface area contributed by atoms with Gasteiger partial charge in [-0.15, -0.1) is 11.3 Å². The molecule has 0 saturated heterocycles. The average Bonchev–Trinajstić information content (AvgIpc) is 2.97. The number of hydrogen-bond acceptors (Lipinski definition) is 4. The highest BCUT2D eigenvalue weighted by molar-refractivity contribution is 7.18. The Bertz CT molecular complexity index is 633. The molecule has 1 aliphatic rings. The predicted molar refractivity (Wildman–Crippen MR) is 82.2 cm³/mol. The Balaban J connectivity index is 1.75. The van der Waals surface area contributed by atoms with Crippen LogP contribution in [-0.2, 0) is 0 Å². The zero-order valence-electron chi connectivity index (χ0n) is 10.9. The molecule has 2 aromatic heterocycles. The van der Waals surface area contributed by atoms with Gasteiger partial charge in [0, 0.05) is 11.4 Å². The monoisotopic (exact) mass is 293 g/mol. The molecule has 0 fully saturated rings. The van der Waals surface area contributed by atoms with Crippen molar-refractivity contribution in [2.75, 3.05) is 11.9 Å². The van der Waals surface area contributed by atoms with E-state index >= 15 is 0 Å². The number of fused-ring (bicyclic) bond motifs is 1. The van der Waals surface area contributed by atoms with Gasteiger partial charge in [0.2, 0.25) is 5.28 Å². The number of allylic oxidation sites excluding steroid dienone is 1. The summed E-state index contributed by atoms with van der Waals surface area (Å²) < 4.78 is 0. The largest absolute Gasteiger partial charge is 0.369 e. The van der Waals surface area contributed by atoms with Gasteiger partial charge in [-0.1, -0.05) is 11.6 Å². The minimum absolute atomic E-state index is 0.317. The lowest BCUT2D eigenvalue weighted by molar-refractivity contribution is 0.862. The van der Waals surface area contributed by atoms with Crippen LogP contribution < -0.4 is 5.32 Å². The fraction of sp³-hybridized carbons (Fsp3) is 0.429. The van der Waals surface area contributed by atoms with Crippen LogP contribution in [0.4, 0.5) is 5.82 Å². The Morgan fingerprint density at radius 2 is 2.32 bits per heavy atom. The zero-order valence-corrected chi connectivity index (χ0v) is 12.4. The van der Waals surface area contributed by atoms with Crippen molar-refractivity contribution in [3.63, 3.8) is 0 Å². The lowest BCUT2D eigenvalue weighted by atomic mass is 10.2. The second-order valence-electron chi connectivity index (χ2n) is 4.85. The number of thiophene rings is 1. The van der Waals surface area contributed by atoms with E-state index in [-0.39, 0.29) is 0 Å². The summed E-state index contributed by atoms with van der Waals surface area (Å²) in [6, 6.07) is 2.12. The Morgan fingerprint density at radius 1 is 1.42 bits per heavy atom. The van der Waals surface area contributed by atoms with Crippen LogP contribution in [0.5, 0.6) is 0 Å². The van der Waals surface area contributed by atoms with Crippen LogP contribution in [0.1, 0.15) is 30.6 Å². The van der Waals surface area contributed by atoms with Gasteiger partial charge in [-0.05, 0) is 50.3 Å². The highest BCUT2D eigenvalue weighted by Gasteiger charge is 2.10. The van der Waals surface area contributed by atoms with Gasteiger partial charge in [0.1, 0.15) is 10.6 Å². The molecule has 100 valence electrons. The first-order chi connectivity index (χ1) is 9.22. The van der Waals surface area contributed by atoms with E-state index in [1.54, 1.807) is 16.9 Å². The second kappa shape index (κ2) is 5.47. The number of nitrogens with one attached hydrogen (secondary N) is 1. The van der Waals surface area contributed by atoms with E-state index in [1.165, 1.54) is 24.1 Å². The maximum absolute atomic E-state index is 5.97. The summed E-state index contributed by atoms with van der Waals surface area (Å²) in [7, 11) is 0. The summed E-state index contributed by atoms with van der Waals surface area (Å²) in [5.74, 6) is 0.859. The smallest absolute Gasteiger partial charge is 0.225 e. The number of anilines is 1. The fourth-order valence-electron chi connectivity index (χ4n) is 2.46. The molecule has 0 radical (unpaired) electrons. The van der Waals surface area contributed by atoms with Crippen molar-refractivity contribution in [2.45, 2.75) is 32.6 Å². The second-order valence-corrected chi connectivity index (χ2v) is 6.42. The van der Waals surface area contributed by atoms with Crippen LogP contribution in [0.2, 0.25) is 5.28 Å². The molecule has 19 heavy (non-hydrogen) atoms. The minimum Gasteiger partial charge on any atom is -0.369 e. The van der Waals surface area contributed by atoms with Gasteiger partial charge < -0.3 is 5.32 Å². The third-order valence-electron chi connectivity index (χ3n) is 3.36. The molecule has 0 bridgehead atoms. The van der Waals surface area contributed by atoms with Crippen molar-refractivity contribution in [3.8, 4) is 0 Å². The summed E-state index contributed by atoms with van der Waals surface area (Å²) in [4.78, 5) is 10.8. The SMILES string of the molecule is Cc1cc2c(NCCC3=CCCC3)nc(Cl)nc2s1. The van der Waals surface area contributed by atoms with Crippen molar-refractivity contribution in [1.82, 2.24) is 9.97 Å². The molecule has 2 aromatic rings. The third kappa shape index (κ3) is 2.90. The first kappa shape index (κ1) is 12.9. The normalized spacial score (nSPS) is 14.9. The van der Waals surface area contributed by atoms with Crippen molar-refractivity contribution < 1.29 is 0 Å². The summed E-state index contributed by atoms with van der Waals surface area (Å²) >= 11 is 7.62. The van der Waals surface area contributed by atoms with Crippen LogP contribution in [0.3, 0.4) is 0 Å². The lowest BCUT2D eigenvalue weighted by Gasteiger charge is -2.07. The number of rotatable bonds is 4. The van der Waals surface area contributed by atoms with Crippen molar-refractivity contribution in [3.05, 3.63) is 27.9 Å². The predicted octanol–water partition coefficient (Wildman–Crippen LogP) is 4.57. The highest BCUT2D eigenvalue weighted by atomic mass is 35.5. The molecule has 0 atom stereocenters. The number of aryl methyl sites for hydroxylation is 1. The molecular formula is C14H16ClN3S. The topological polar surface area (TPSA) is 37.8 Å². The molecule has 3 nitrogen and oxygen atoms in total. The van der Waals surface area contributed by atoms with Gasteiger partial charge in [-0.3, -0.25) is 0 Å². The summed E-state index contributed by atoms with van der Waals surface area (Å²) in [5, 5.41) is 4.79. The number of aromatic nitrogens is 2. The molecule has 0 spiro atoms. The van der Waals surface area contributed by atoms with E-state index in [0.717, 1.165) is 29.0 Å². The van der Waals surface area contributed by atoms with Gasteiger partial charge in [-0.25, -0.2) is 9.97 Å². The van der Waals surface area contributed by atoms with Crippen molar-refractivity contribution in [2.24, 2.45) is 0 Å². The number of halogens is 1. The molecule has 1 aliphatic carbocycles. The Labute approximate surface area is 121 Å². The molecule has 2 heterocycles. The van der Waals surface area contributed by atoms with Gasteiger partial charge >= 0.3 is 0 Å². The summed E-state index contributed by atoms with van der Waals surface area (Å²) in [6.45, 7) is 2.98. The zero-order chi connectivity index (χ0) is 13.2. The molecule has 0 amide bonds. The first-order valence-electron chi connectivity index (χ1n) is 6.58. The van der Waals surface area contributed by atoms with Crippen LogP contribution in [-0.4, -0.2) is 16.5 Å². The number of nitrogens with zero attached hydrogens (tertiary/aromatic N) is 2. The summed E-state index contributed by atoms with van der Waals surface area (Å²) in [5.41, 5.74) is 1.56. The standard InChI is InChI=1S/C14H16ClN3S/c1-9-8-11-12(17-14(15)18-13(11)19-9)16-7-6-10-4-2-3-5-10/h4,8H,2-3,5-7H2,1H3,(H,16,17,18). The molecule has 1 N–H and O–H groups in total. The Kier molecular flexibility index (Phi) is 3.71. The molecule has 5 heteroatoms. The summed E-state index contributed by atoms with van der Waals surface area (Å²) in [6.07, 6.45) is 7.25. The van der Waals surface area contributed by atoms with E-state index in [9.17, 15) is 0 Å². The van der Waals surface area contributed by atoms with Crippen LogP contribution >= 0.6 is 22.9 Å². The molecular weight excluding hydrogens is 278 g/mol. The van der Waals surface area contributed by atoms with Crippen molar-refractivity contribution >= 4 is 39.0 Å². The van der Waals surface area contributed by atoms with Gasteiger partial charge in [0.05, 0.1) is 5.39 Å². The van der Waals surface area contributed by atoms with E-state index in [4.69, 9.17) is 11.6 Å². The highest BCUT2D eigenvalue weighted by Crippen LogP contribution is 2.29. The maximum atomic E-state index is 5.97. The van der Waals surface area contributed by atoms with E-state index in [1.807, 2.05) is 0 Å². The quantitative estimate of drug-likeness (QED) is 0.663. The van der Waals surface area contributed by atoms with Crippen LogP contribution in [0, 0.1) is 6.92 Å². The van der Waals surface area contributed by atoms with E-state index in [2.05, 4.69) is 34.4 Å². The molecule has 0 saturated carbocycles. The van der Waals surface area contributed by atoms with Crippen LogP contribution in [0.25, 0.3) is 10.2 Å². The Morgan fingerprint density at radius 3 is 3.11 bits per heavy atom. The van der Waals surface area contributed by atoms with E-state index < -0.39 is 0 Å². The third-order valence-corrected chi connectivity index (χ3v) is 4.48. The first-order valence-corrected chi connectivity index (χ1v) is 7.77. The van der Waals surface area contributed by atoms with Gasteiger partial charge in [0.15, 0.2) is 0 Å². The van der Waals surface area contributed by atoms with Crippen molar-refractivity contribution in [1.29, 1.82) is 0 Å². The van der Waals surface area contributed by atoms with Crippen LogP contribution in [0.15, 0.2) is 17.7 Å².